The van der Waals surface area contributed by atoms with Gasteiger partial charge in [0, 0.05) is 24.0 Å². The van der Waals surface area contributed by atoms with E-state index in [2.05, 4.69) is 5.10 Å². The number of nitrogens with zero attached hydrogens (tertiary/aromatic N) is 3. The number of halogens is 2. The lowest BCUT2D eigenvalue weighted by Gasteiger charge is -2.32. The van der Waals surface area contributed by atoms with Gasteiger partial charge in [0.2, 0.25) is 5.91 Å². The van der Waals surface area contributed by atoms with E-state index in [0.717, 1.165) is 5.56 Å². The Morgan fingerprint density at radius 1 is 1.20 bits per heavy atom. The largest absolute Gasteiger partial charge is 0.369 e. The molecule has 1 saturated heterocycles. The average molecular weight is 381 g/mol. The molecule has 0 saturated carbocycles. The van der Waals surface area contributed by atoms with Gasteiger partial charge < -0.3 is 10.6 Å². The quantitative estimate of drug-likeness (QED) is 0.881. The molecule has 0 unspecified atom stereocenters. The van der Waals surface area contributed by atoms with Gasteiger partial charge in [0.15, 0.2) is 0 Å². The zero-order valence-corrected chi connectivity index (χ0v) is 15.0. The third kappa shape index (κ3) is 3.96. The highest BCUT2D eigenvalue weighted by molar-refractivity contribution is 6.33. The molecule has 6 nitrogen and oxygen atoms in total. The summed E-state index contributed by atoms with van der Waals surface area (Å²) in [6.45, 7) is 1.56. The van der Waals surface area contributed by atoms with Gasteiger partial charge in [-0.1, -0.05) is 35.3 Å². The molecule has 8 heteroatoms. The standard InChI is InChI=1S/C17H18Cl2N4O2/c18-13-3-1-11(2-4-13)10-23-17(25)15(19)14(9-21-23)22-7-5-12(6-8-22)16(20)24/h1-4,9,12H,5-8,10H2,(H2,20,24). The summed E-state index contributed by atoms with van der Waals surface area (Å²) in [6.07, 6.45) is 2.91. The van der Waals surface area contributed by atoms with Crippen LogP contribution in [-0.4, -0.2) is 28.8 Å². The molecule has 0 spiro atoms. The monoisotopic (exact) mass is 380 g/mol. The molecule has 132 valence electrons. The third-order valence-corrected chi connectivity index (χ3v) is 5.06. The molecule has 0 radical (unpaired) electrons. The minimum absolute atomic E-state index is 0.117. The first-order valence-electron chi connectivity index (χ1n) is 8.00. The SMILES string of the molecule is NC(=O)C1CCN(c2cnn(Cc3ccc(Cl)cc3)c(=O)c2Cl)CC1. The highest BCUT2D eigenvalue weighted by Gasteiger charge is 2.25. The zero-order chi connectivity index (χ0) is 18.0. The molecular formula is C17H18Cl2N4O2. The van der Waals surface area contributed by atoms with Crippen LogP contribution in [0.3, 0.4) is 0 Å². The van der Waals surface area contributed by atoms with Crippen molar-refractivity contribution in [3.8, 4) is 0 Å². The first-order chi connectivity index (χ1) is 12.0. The molecule has 1 amide bonds. The van der Waals surface area contributed by atoms with Gasteiger partial charge in [-0.2, -0.15) is 5.10 Å². The highest BCUT2D eigenvalue weighted by Crippen LogP contribution is 2.26. The number of hydrogen-bond acceptors (Lipinski definition) is 4. The average Bonchev–Trinajstić information content (AvgIpc) is 2.61. The Labute approximate surface area is 155 Å². The molecule has 3 rings (SSSR count). The van der Waals surface area contributed by atoms with Crippen LogP contribution in [-0.2, 0) is 11.3 Å². The van der Waals surface area contributed by atoms with Crippen LogP contribution in [0.1, 0.15) is 18.4 Å². The van der Waals surface area contributed by atoms with Crippen LogP contribution in [0.2, 0.25) is 10.0 Å². The van der Waals surface area contributed by atoms with E-state index < -0.39 is 0 Å². The topological polar surface area (TPSA) is 81.2 Å². The van der Waals surface area contributed by atoms with Crippen molar-refractivity contribution in [3.63, 3.8) is 0 Å². The fourth-order valence-corrected chi connectivity index (χ4v) is 3.35. The number of hydrogen-bond donors (Lipinski definition) is 1. The van der Waals surface area contributed by atoms with Crippen LogP contribution in [0.25, 0.3) is 0 Å². The molecule has 2 heterocycles. The number of amides is 1. The predicted octanol–water partition coefficient (Wildman–Crippen LogP) is 2.30. The molecule has 1 aromatic carbocycles. The zero-order valence-electron chi connectivity index (χ0n) is 13.5. The lowest BCUT2D eigenvalue weighted by atomic mass is 9.96. The molecule has 0 aliphatic carbocycles. The third-order valence-electron chi connectivity index (χ3n) is 4.45. The predicted molar refractivity (Wildman–Crippen MR) is 98.2 cm³/mol. The maximum atomic E-state index is 12.5. The van der Waals surface area contributed by atoms with E-state index >= 15 is 0 Å². The minimum Gasteiger partial charge on any atom is -0.369 e. The van der Waals surface area contributed by atoms with E-state index in [1.54, 1.807) is 18.3 Å². The molecular weight excluding hydrogens is 363 g/mol. The van der Waals surface area contributed by atoms with Gasteiger partial charge in [-0.25, -0.2) is 4.68 Å². The van der Waals surface area contributed by atoms with Crippen molar-refractivity contribution in [2.45, 2.75) is 19.4 Å². The number of rotatable bonds is 4. The van der Waals surface area contributed by atoms with E-state index in [1.165, 1.54) is 4.68 Å². The van der Waals surface area contributed by atoms with Crippen LogP contribution >= 0.6 is 23.2 Å². The number of anilines is 1. The van der Waals surface area contributed by atoms with Crippen LogP contribution in [0.15, 0.2) is 35.3 Å². The number of primary amides is 1. The lowest BCUT2D eigenvalue weighted by Crippen LogP contribution is -2.39. The number of carbonyl (C=O) groups is 1. The van der Waals surface area contributed by atoms with Gasteiger partial charge in [-0.15, -0.1) is 0 Å². The summed E-state index contributed by atoms with van der Waals surface area (Å²) in [5.74, 6) is -0.393. The number of benzene rings is 1. The van der Waals surface area contributed by atoms with E-state index in [9.17, 15) is 9.59 Å². The first kappa shape index (κ1) is 17.8. The Hall–Kier alpha value is -2.05. The van der Waals surface area contributed by atoms with Gasteiger partial charge in [0.1, 0.15) is 5.02 Å². The second kappa shape index (κ2) is 7.45. The van der Waals surface area contributed by atoms with Crippen LogP contribution < -0.4 is 16.2 Å². The summed E-state index contributed by atoms with van der Waals surface area (Å²) in [4.78, 5) is 25.8. The molecule has 1 aliphatic heterocycles. The van der Waals surface area contributed by atoms with Gasteiger partial charge in [0.25, 0.3) is 5.56 Å². The molecule has 1 aromatic heterocycles. The summed E-state index contributed by atoms with van der Waals surface area (Å²) in [5, 5.41) is 5.02. The van der Waals surface area contributed by atoms with E-state index in [-0.39, 0.29) is 22.4 Å². The summed E-state index contributed by atoms with van der Waals surface area (Å²) < 4.78 is 1.32. The maximum Gasteiger partial charge on any atom is 0.287 e. The summed E-state index contributed by atoms with van der Waals surface area (Å²) >= 11 is 12.2. The molecule has 25 heavy (non-hydrogen) atoms. The normalized spacial score (nSPS) is 15.4. The van der Waals surface area contributed by atoms with Crippen LogP contribution in [0, 0.1) is 5.92 Å². The van der Waals surface area contributed by atoms with Crippen molar-refractivity contribution in [2.75, 3.05) is 18.0 Å². The Bertz CT molecular complexity index is 828. The van der Waals surface area contributed by atoms with Crippen molar-refractivity contribution < 1.29 is 4.79 Å². The molecule has 1 fully saturated rings. The van der Waals surface area contributed by atoms with Crippen molar-refractivity contribution in [2.24, 2.45) is 11.7 Å². The van der Waals surface area contributed by atoms with E-state index in [0.29, 0.717) is 43.2 Å². The fraction of sp³-hybridized carbons (Fsp3) is 0.353. The smallest absolute Gasteiger partial charge is 0.287 e. The minimum atomic E-state index is -0.342. The second-order valence-corrected chi connectivity index (χ2v) is 6.91. The second-order valence-electron chi connectivity index (χ2n) is 6.10. The Kier molecular flexibility index (Phi) is 5.30. The van der Waals surface area contributed by atoms with Gasteiger partial charge in [-0.05, 0) is 30.5 Å². The summed E-state index contributed by atoms with van der Waals surface area (Å²) in [7, 11) is 0. The molecule has 2 aromatic rings. The summed E-state index contributed by atoms with van der Waals surface area (Å²) in [5.41, 5.74) is 6.52. The fourth-order valence-electron chi connectivity index (χ4n) is 2.96. The molecule has 2 N–H and O–H groups in total. The first-order valence-corrected chi connectivity index (χ1v) is 8.75. The number of aromatic nitrogens is 2. The summed E-state index contributed by atoms with van der Waals surface area (Å²) in [6, 6.07) is 7.21. The van der Waals surface area contributed by atoms with Crippen LogP contribution in [0.5, 0.6) is 0 Å². The lowest BCUT2D eigenvalue weighted by molar-refractivity contribution is -0.122. The van der Waals surface area contributed by atoms with E-state index in [4.69, 9.17) is 28.9 Å². The van der Waals surface area contributed by atoms with E-state index in [1.807, 2.05) is 17.0 Å². The number of carbonyl (C=O) groups excluding carboxylic acids is 1. The van der Waals surface area contributed by atoms with Gasteiger partial charge in [0.05, 0.1) is 18.4 Å². The van der Waals surface area contributed by atoms with Crippen molar-refractivity contribution >= 4 is 34.8 Å². The van der Waals surface area contributed by atoms with Crippen molar-refractivity contribution in [1.82, 2.24) is 9.78 Å². The maximum absolute atomic E-state index is 12.5. The number of nitrogens with two attached hydrogens (primary N) is 1. The molecule has 0 atom stereocenters. The van der Waals surface area contributed by atoms with Crippen molar-refractivity contribution in [1.29, 1.82) is 0 Å². The van der Waals surface area contributed by atoms with Crippen LogP contribution in [0.4, 0.5) is 5.69 Å². The molecule has 0 bridgehead atoms. The van der Waals surface area contributed by atoms with Gasteiger partial charge in [-0.3, -0.25) is 9.59 Å². The Balaban J connectivity index is 1.78. The van der Waals surface area contributed by atoms with Crippen molar-refractivity contribution in [3.05, 3.63) is 56.4 Å². The number of piperidine rings is 1. The Morgan fingerprint density at radius 2 is 1.84 bits per heavy atom. The van der Waals surface area contributed by atoms with Gasteiger partial charge >= 0.3 is 0 Å². The Morgan fingerprint density at radius 3 is 2.44 bits per heavy atom. The highest BCUT2D eigenvalue weighted by atomic mass is 35.5. The molecule has 1 aliphatic rings.